The van der Waals surface area contributed by atoms with Crippen molar-refractivity contribution in [1.29, 1.82) is 0 Å². The molecule has 2 saturated heterocycles. The lowest BCUT2D eigenvalue weighted by atomic mass is 9.74. The summed E-state index contributed by atoms with van der Waals surface area (Å²) in [7, 11) is 5.37. The fourth-order valence-corrected chi connectivity index (χ4v) is 6.65. The first-order valence-electron chi connectivity index (χ1n) is 14.8. The Morgan fingerprint density at radius 2 is 1.62 bits per heavy atom. The Bertz CT molecular complexity index is 851. The monoisotopic (exact) mass is 573 g/mol. The highest BCUT2D eigenvalue weighted by molar-refractivity contribution is 5.83. The minimum atomic E-state index is -1.82. The normalized spacial score (nSPS) is 46.6. The van der Waals surface area contributed by atoms with Gasteiger partial charge in [-0.2, -0.15) is 0 Å². The number of ether oxygens (including phenoxy) is 4. The summed E-state index contributed by atoms with van der Waals surface area (Å²) in [4.78, 5) is 28.7. The molecule has 2 aliphatic rings. The molecule has 0 amide bonds. The molecule has 0 bridgehead atoms. The van der Waals surface area contributed by atoms with Crippen LogP contribution in [0.25, 0.3) is 0 Å². The van der Waals surface area contributed by atoms with Crippen molar-refractivity contribution in [3.63, 3.8) is 0 Å². The summed E-state index contributed by atoms with van der Waals surface area (Å²) in [5, 5.41) is 33.6. The first kappa shape index (κ1) is 35.1. The van der Waals surface area contributed by atoms with Crippen LogP contribution < -0.4 is 0 Å². The topological polar surface area (TPSA) is 135 Å². The molecule has 40 heavy (non-hydrogen) atoms. The van der Waals surface area contributed by atoms with Crippen molar-refractivity contribution in [3.8, 4) is 0 Å². The maximum Gasteiger partial charge on any atom is 0.309 e. The molecule has 0 aromatic carbocycles. The lowest BCUT2D eigenvalue weighted by molar-refractivity contribution is -0.297. The molecule has 2 aliphatic heterocycles. The first-order chi connectivity index (χ1) is 18.4. The molecule has 2 rings (SSSR count). The van der Waals surface area contributed by atoms with Gasteiger partial charge in [-0.05, 0) is 66.5 Å². The minimum absolute atomic E-state index is 0.154. The number of hydrogen-bond acceptors (Lipinski definition) is 10. The van der Waals surface area contributed by atoms with Crippen LogP contribution in [0.15, 0.2) is 0 Å². The van der Waals surface area contributed by atoms with Crippen LogP contribution in [0, 0.1) is 23.7 Å². The Balaban J connectivity index is 2.54. The van der Waals surface area contributed by atoms with Gasteiger partial charge < -0.3 is 39.2 Å². The molecular weight excluding hydrogens is 518 g/mol. The molecule has 0 aliphatic carbocycles. The number of methoxy groups -OCH3 is 1. The molecule has 10 heteroatoms. The summed E-state index contributed by atoms with van der Waals surface area (Å²) in [6.07, 6.45) is -3.59. The van der Waals surface area contributed by atoms with Gasteiger partial charge in [0.1, 0.15) is 23.6 Å². The highest BCUT2D eigenvalue weighted by Crippen LogP contribution is 2.39. The zero-order valence-corrected chi connectivity index (χ0v) is 26.4. The average molecular weight is 574 g/mol. The van der Waals surface area contributed by atoms with Crippen molar-refractivity contribution in [3.05, 3.63) is 0 Å². The summed E-state index contributed by atoms with van der Waals surface area (Å²) < 4.78 is 24.5. The van der Waals surface area contributed by atoms with Gasteiger partial charge in [0.25, 0.3) is 0 Å². The number of carbonyl (C=O) groups excluding carboxylic acids is 2. The van der Waals surface area contributed by atoms with E-state index < -0.39 is 65.6 Å². The van der Waals surface area contributed by atoms with Gasteiger partial charge in [-0.25, -0.2) is 0 Å². The molecule has 0 aromatic heterocycles. The molecule has 10 nitrogen and oxygen atoms in total. The number of cyclic esters (lactones) is 1. The van der Waals surface area contributed by atoms with E-state index in [0.29, 0.717) is 12.8 Å². The molecule has 234 valence electrons. The van der Waals surface area contributed by atoms with Crippen molar-refractivity contribution in [2.75, 3.05) is 21.2 Å². The molecule has 0 saturated carbocycles. The van der Waals surface area contributed by atoms with Gasteiger partial charge in [0.05, 0.1) is 29.8 Å². The standard InChI is InChI=1S/C30H55NO9/c1-12-22-30(8,36)25(34)20(6)23(32)18(4)15-29(7,37-11)26(16(2)13-17(3)27(35)39-22)40-28-24(33)21(31(9)10)14-19(5)38-28/h16-22,24-26,28,33-34,36H,12-15H2,1-11H3/t16-,17+,18+,19+,20+,21-,22-,24+,25+,26+,28-,29-,30+/m0/s1. The lowest BCUT2D eigenvalue weighted by Crippen LogP contribution is -2.59. The van der Waals surface area contributed by atoms with Crippen LogP contribution >= 0.6 is 0 Å². The van der Waals surface area contributed by atoms with E-state index in [9.17, 15) is 24.9 Å². The van der Waals surface area contributed by atoms with E-state index in [-0.39, 0.29) is 36.7 Å². The smallest absolute Gasteiger partial charge is 0.309 e. The second-order valence-corrected chi connectivity index (χ2v) is 13.1. The van der Waals surface area contributed by atoms with Gasteiger partial charge in [-0.15, -0.1) is 0 Å². The van der Waals surface area contributed by atoms with Gasteiger partial charge in [-0.3, -0.25) is 9.59 Å². The number of likely N-dealkylation sites (N-methyl/N-ethyl adjacent to an activating group) is 1. The van der Waals surface area contributed by atoms with E-state index in [1.54, 1.807) is 34.8 Å². The lowest BCUT2D eigenvalue weighted by Gasteiger charge is -2.47. The largest absolute Gasteiger partial charge is 0.459 e. The molecule has 3 N–H and O–H groups in total. The van der Waals surface area contributed by atoms with E-state index >= 15 is 0 Å². The maximum absolute atomic E-state index is 13.6. The van der Waals surface area contributed by atoms with E-state index in [2.05, 4.69) is 0 Å². The van der Waals surface area contributed by atoms with Gasteiger partial charge in [0, 0.05) is 25.0 Å². The third-order valence-electron chi connectivity index (χ3n) is 9.27. The SMILES string of the molecule is CC[C@@H]1OC(=O)[C@H](C)C[C@H](C)[C@@H](O[C@@H]2O[C@H](C)C[C@H](N(C)C)[C@H]2O)[C@@](C)(OC)C[C@@H](C)C(=O)[C@@H](C)[C@@H](O)[C@]1(C)O. The quantitative estimate of drug-likeness (QED) is 0.421. The predicted molar refractivity (Wildman–Crippen MR) is 150 cm³/mol. The highest BCUT2D eigenvalue weighted by atomic mass is 16.7. The summed E-state index contributed by atoms with van der Waals surface area (Å²) in [6.45, 7) is 14.0. The Morgan fingerprint density at radius 1 is 1.02 bits per heavy atom. The van der Waals surface area contributed by atoms with Gasteiger partial charge >= 0.3 is 5.97 Å². The van der Waals surface area contributed by atoms with Crippen LogP contribution in [-0.4, -0.2) is 107 Å². The summed E-state index contributed by atoms with van der Waals surface area (Å²) in [5.41, 5.74) is -2.84. The van der Waals surface area contributed by atoms with E-state index in [0.717, 1.165) is 0 Å². The predicted octanol–water partition coefficient (Wildman–Crippen LogP) is 2.54. The van der Waals surface area contributed by atoms with Crippen LogP contribution in [-0.2, 0) is 28.5 Å². The number of nitrogens with zero attached hydrogens (tertiary/aromatic N) is 1. The fraction of sp³-hybridized carbons (Fsp3) is 0.933. The van der Waals surface area contributed by atoms with Crippen LogP contribution in [0.5, 0.6) is 0 Å². The van der Waals surface area contributed by atoms with E-state index in [1.165, 1.54) is 6.92 Å². The number of aliphatic hydroxyl groups excluding tert-OH is 2. The number of ketones is 1. The van der Waals surface area contributed by atoms with Crippen LogP contribution in [0.3, 0.4) is 0 Å². The van der Waals surface area contributed by atoms with E-state index in [1.807, 2.05) is 39.8 Å². The third kappa shape index (κ3) is 7.62. The molecular formula is C30H55NO9. The number of Topliss-reactive ketones (excluding diaryl/α,β-unsaturated/α-hetero) is 1. The summed E-state index contributed by atoms with van der Waals surface area (Å²) in [5.74, 6) is -3.08. The second kappa shape index (κ2) is 13.9. The van der Waals surface area contributed by atoms with Gasteiger partial charge in [0.15, 0.2) is 6.29 Å². The molecule has 2 heterocycles. The highest BCUT2D eigenvalue weighted by Gasteiger charge is 2.50. The Hall–Kier alpha value is -1.14. The Labute approximate surface area is 240 Å². The minimum Gasteiger partial charge on any atom is -0.459 e. The first-order valence-corrected chi connectivity index (χ1v) is 14.8. The Morgan fingerprint density at radius 3 is 2.15 bits per heavy atom. The molecule has 2 fully saturated rings. The second-order valence-electron chi connectivity index (χ2n) is 13.1. The average Bonchev–Trinajstić information content (AvgIpc) is 2.88. The zero-order valence-electron chi connectivity index (χ0n) is 26.4. The summed E-state index contributed by atoms with van der Waals surface area (Å²) in [6, 6.07) is -0.174. The van der Waals surface area contributed by atoms with Crippen LogP contribution in [0.4, 0.5) is 0 Å². The van der Waals surface area contributed by atoms with Crippen LogP contribution in [0.2, 0.25) is 0 Å². The molecule has 0 spiro atoms. The van der Waals surface area contributed by atoms with Crippen molar-refractivity contribution in [1.82, 2.24) is 4.90 Å². The van der Waals surface area contributed by atoms with Gasteiger partial charge in [0.2, 0.25) is 0 Å². The molecule has 0 unspecified atom stereocenters. The van der Waals surface area contributed by atoms with Crippen molar-refractivity contribution >= 4 is 11.8 Å². The van der Waals surface area contributed by atoms with E-state index in [4.69, 9.17) is 18.9 Å². The van der Waals surface area contributed by atoms with Crippen molar-refractivity contribution in [2.45, 2.75) is 135 Å². The summed E-state index contributed by atoms with van der Waals surface area (Å²) >= 11 is 0. The number of carbonyl (C=O) groups is 2. The molecule has 0 radical (unpaired) electrons. The van der Waals surface area contributed by atoms with Crippen molar-refractivity contribution < 1.29 is 43.9 Å². The Kier molecular flexibility index (Phi) is 12.2. The number of esters is 1. The van der Waals surface area contributed by atoms with Crippen molar-refractivity contribution in [2.24, 2.45) is 23.7 Å². The number of rotatable bonds is 5. The molecule has 0 aromatic rings. The van der Waals surface area contributed by atoms with Crippen LogP contribution in [0.1, 0.15) is 81.1 Å². The zero-order chi connectivity index (χ0) is 30.7. The molecule has 13 atom stereocenters. The number of hydrogen-bond donors (Lipinski definition) is 3. The maximum atomic E-state index is 13.6. The fourth-order valence-electron chi connectivity index (χ4n) is 6.65. The van der Waals surface area contributed by atoms with Gasteiger partial charge in [-0.1, -0.05) is 34.6 Å². The number of aliphatic hydroxyl groups is 3. The third-order valence-corrected chi connectivity index (χ3v) is 9.27.